The third-order valence-electron chi connectivity index (χ3n) is 4.82. The number of hydrogen-bond donors (Lipinski definition) is 3. The zero-order valence-electron chi connectivity index (χ0n) is 21.4. The van der Waals surface area contributed by atoms with E-state index in [0.29, 0.717) is 16.0 Å². The van der Waals surface area contributed by atoms with E-state index in [1.165, 1.54) is 19.2 Å². The minimum absolute atomic E-state index is 0.0274. The van der Waals surface area contributed by atoms with E-state index in [9.17, 15) is 28.5 Å². The Balaban J connectivity index is 2.17. The van der Waals surface area contributed by atoms with Gasteiger partial charge in [-0.2, -0.15) is 4.98 Å². The maximum Gasteiger partial charge on any atom is 0.348 e. The van der Waals surface area contributed by atoms with Crippen molar-refractivity contribution in [2.45, 2.75) is 39.7 Å². The summed E-state index contributed by atoms with van der Waals surface area (Å²) in [6, 6.07) is 0.321. The lowest BCUT2D eigenvalue weighted by Gasteiger charge is -2.16. The standard InChI is InChI=1S/C25H26FN5O7S/c1-5-14(3)19(39-13-20(33)29-18(24(36)37-6-2)8-10-21(34)38-26)9-7-16-11-17-22(27-12-16)30-25(28-15(4)32)31-23(17)35/h5,11-12,18H,1,6,8,10,13H2,2-4H3,(H,29,33)(H2,27,28,30,31,32,35)/b19-14-. The van der Waals surface area contributed by atoms with E-state index >= 15 is 0 Å². The average molecular weight is 560 g/mol. The van der Waals surface area contributed by atoms with E-state index in [-0.39, 0.29) is 35.8 Å². The smallest absolute Gasteiger partial charge is 0.348 e. The molecule has 1 atom stereocenters. The molecule has 0 fully saturated rings. The van der Waals surface area contributed by atoms with Crippen molar-refractivity contribution in [1.82, 2.24) is 20.3 Å². The van der Waals surface area contributed by atoms with Crippen LogP contribution in [0.4, 0.5) is 10.5 Å². The van der Waals surface area contributed by atoms with Crippen LogP contribution in [0, 0.1) is 11.8 Å². The number of carbonyl (C=O) groups excluding carboxylic acids is 4. The highest BCUT2D eigenvalue weighted by Gasteiger charge is 2.23. The first kappa shape index (κ1) is 30.7. The number of amides is 2. The third kappa shape index (κ3) is 9.71. The molecule has 0 aromatic carbocycles. The second-order valence-corrected chi connectivity index (χ2v) is 8.79. The van der Waals surface area contributed by atoms with Gasteiger partial charge < -0.3 is 10.1 Å². The quantitative estimate of drug-likeness (QED) is 0.210. The Morgan fingerprint density at radius 3 is 2.69 bits per heavy atom. The summed E-state index contributed by atoms with van der Waals surface area (Å²) in [5.74, 6) is 2.73. The Bertz CT molecular complexity index is 1430. The average Bonchev–Trinajstić information content (AvgIpc) is 2.90. The normalized spacial score (nSPS) is 11.8. The molecule has 1 unspecified atom stereocenters. The number of halogens is 1. The maximum absolute atomic E-state index is 12.5. The van der Waals surface area contributed by atoms with Crippen molar-refractivity contribution in [1.29, 1.82) is 0 Å². The van der Waals surface area contributed by atoms with Crippen LogP contribution in [0.25, 0.3) is 11.0 Å². The number of esters is 1. The molecule has 0 saturated carbocycles. The van der Waals surface area contributed by atoms with Gasteiger partial charge in [-0.05, 0) is 31.9 Å². The Hall–Kier alpha value is -4.51. The summed E-state index contributed by atoms with van der Waals surface area (Å²) in [6.07, 6.45) is 2.31. The largest absolute Gasteiger partial charge is 0.464 e. The fraction of sp³-hybridized carbons (Fsp3) is 0.320. The van der Waals surface area contributed by atoms with Gasteiger partial charge in [0.15, 0.2) is 5.65 Å². The molecule has 2 amide bonds. The van der Waals surface area contributed by atoms with E-state index < -0.39 is 41.8 Å². The molecule has 2 heterocycles. The van der Waals surface area contributed by atoms with Gasteiger partial charge in [0, 0.05) is 23.2 Å². The summed E-state index contributed by atoms with van der Waals surface area (Å²) in [7, 11) is 0. The van der Waals surface area contributed by atoms with Gasteiger partial charge >= 0.3 is 11.9 Å². The van der Waals surface area contributed by atoms with E-state index in [0.717, 1.165) is 11.8 Å². The second kappa shape index (κ2) is 15.0. The number of rotatable bonds is 11. The number of aromatic nitrogens is 3. The molecule has 206 valence electrons. The molecular formula is C25H26FN5O7S. The van der Waals surface area contributed by atoms with Crippen LogP contribution in [0.2, 0.25) is 0 Å². The van der Waals surface area contributed by atoms with Gasteiger partial charge in [0.2, 0.25) is 17.8 Å². The first-order valence-electron chi connectivity index (χ1n) is 11.5. The van der Waals surface area contributed by atoms with Gasteiger partial charge in [-0.3, -0.25) is 29.6 Å². The number of hydrogen-bond acceptors (Lipinski definition) is 10. The second-order valence-electron chi connectivity index (χ2n) is 7.81. The van der Waals surface area contributed by atoms with Crippen LogP contribution < -0.4 is 16.2 Å². The van der Waals surface area contributed by atoms with Crippen LogP contribution in [0.1, 0.15) is 39.2 Å². The van der Waals surface area contributed by atoms with Crippen molar-refractivity contribution in [2.75, 3.05) is 17.7 Å². The molecule has 0 radical (unpaired) electrons. The van der Waals surface area contributed by atoms with Gasteiger partial charge in [-0.1, -0.05) is 24.5 Å². The zero-order valence-corrected chi connectivity index (χ0v) is 22.2. The van der Waals surface area contributed by atoms with E-state index in [2.05, 4.69) is 48.9 Å². The van der Waals surface area contributed by atoms with Gasteiger partial charge in [0.25, 0.3) is 5.56 Å². The molecule has 0 aliphatic carbocycles. The maximum atomic E-state index is 12.5. The topological polar surface area (TPSA) is 169 Å². The van der Waals surface area contributed by atoms with Gasteiger partial charge in [0.05, 0.1) is 29.1 Å². The van der Waals surface area contributed by atoms with E-state index in [4.69, 9.17) is 4.74 Å². The molecule has 0 aliphatic rings. The van der Waals surface area contributed by atoms with Crippen molar-refractivity contribution >= 4 is 52.5 Å². The first-order valence-corrected chi connectivity index (χ1v) is 12.5. The molecule has 39 heavy (non-hydrogen) atoms. The van der Waals surface area contributed by atoms with Crippen LogP contribution in [0.5, 0.6) is 0 Å². The van der Waals surface area contributed by atoms with Crippen molar-refractivity contribution in [2.24, 2.45) is 0 Å². The number of ether oxygens (including phenoxy) is 1. The molecular weight excluding hydrogens is 533 g/mol. The molecule has 3 N–H and O–H groups in total. The fourth-order valence-corrected chi connectivity index (χ4v) is 3.75. The predicted octanol–water partition coefficient (Wildman–Crippen LogP) is 2.08. The molecule has 0 spiro atoms. The number of anilines is 1. The van der Waals surface area contributed by atoms with E-state index in [1.54, 1.807) is 19.9 Å². The summed E-state index contributed by atoms with van der Waals surface area (Å²) < 4.78 is 16.9. The van der Waals surface area contributed by atoms with Crippen molar-refractivity contribution in [3.05, 3.63) is 51.3 Å². The molecule has 2 rings (SSSR count). The monoisotopic (exact) mass is 559 g/mol. The number of aromatic amines is 1. The predicted molar refractivity (Wildman–Crippen MR) is 142 cm³/mol. The number of allylic oxidation sites excluding steroid dienone is 3. The van der Waals surface area contributed by atoms with Gasteiger partial charge in [-0.25, -0.2) is 14.6 Å². The Morgan fingerprint density at radius 2 is 2.05 bits per heavy atom. The van der Waals surface area contributed by atoms with Crippen molar-refractivity contribution in [3.8, 4) is 11.8 Å². The first-order chi connectivity index (χ1) is 18.6. The summed E-state index contributed by atoms with van der Waals surface area (Å²) in [4.78, 5) is 73.6. The van der Waals surface area contributed by atoms with E-state index in [1.807, 2.05) is 0 Å². The highest BCUT2D eigenvalue weighted by Crippen LogP contribution is 2.20. The molecule has 0 bridgehead atoms. The molecule has 12 nitrogen and oxygen atoms in total. The van der Waals surface area contributed by atoms with Gasteiger partial charge in [0.1, 0.15) is 6.04 Å². The highest BCUT2D eigenvalue weighted by molar-refractivity contribution is 8.04. The Morgan fingerprint density at radius 1 is 1.31 bits per heavy atom. The highest BCUT2D eigenvalue weighted by atomic mass is 32.2. The molecule has 14 heteroatoms. The molecule has 0 aliphatic heterocycles. The minimum Gasteiger partial charge on any atom is -0.464 e. The van der Waals surface area contributed by atoms with Gasteiger partial charge in [-0.15, -0.1) is 11.8 Å². The fourth-order valence-electron chi connectivity index (χ4n) is 2.95. The van der Waals surface area contributed by atoms with Crippen molar-refractivity contribution < 1.29 is 33.4 Å². The molecule has 0 saturated heterocycles. The number of H-pyrrole nitrogens is 1. The van der Waals surface area contributed by atoms with Crippen LogP contribution >= 0.6 is 11.8 Å². The summed E-state index contributed by atoms with van der Waals surface area (Å²) in [6.45, 7) is 8.36. The van der Waals surface area contributed by atoms with Crippen LogP contribution in [0.3, 0.4) is 0 Å². The summed E-state index contributed by atoms with van der Waals surface area (Å²) >= 11 is 1.07. The minimum atomic E-state index is -1.18. The SMILES string of the molecule is C=C/C(C)=C(/C#Cc1cnc2nc(NC(C)=O)[nH]c(=O)c2c1)SCC(=O)NC(CCC(=O)OF)C(=O)OCC. The summed E-state index contributed by atoms with van der Waals surface area (Å²) in [5, 5.41) is 5.02. The lowest BCUT2D eigenvalue weighted by atomic mass is 10.1. The zero-order chi connectivity index (χ0) is 28.9. The lowest BCUT2D eigenvalue weighted by Crippen LogP contribution is -2.43. The number of carbonyl (C=O) groups is 4. The number of nitrogens with zero attached hydrogens (tertiary/aromatic N) is 2. The third-order valence-corrected chi connectivity index (χ3v) is 5.94. The number of pyridine rings is 1. The lowest BCUT2D eigenvalue weighted by molar-refractivity contribution is -0.184. The number of thioether (sulfide) groups is 1. The summed E-state index contributed by atoms with van der Waals surface area (Å²) in [5.41, 5.74) is 0.665. The van der Waals surface area contributed by atoms with Crippen LogP contribution in [0.15, 0.2) is 40.2 Å². The molecule has 2 aromatic rings. The number of nitrogens with one attached hydrogen (secondary N) is 3. The van der Waals surface area contributed by atoms with Crippen molar-refractivity contribution in [3.63, 3.8) is 0 Å². The Labute approximate surface area is 226 Å². The number of fused-ring (bicyclic) bond motifs is 1. The van der Waals surface area contributed by atoms with Crippen LogP contribution in [-0.4, -0.2) is 57.1 Å². The Kier molecular flexibility index (Phi) is 11.8. The molecule has 2 aromatic heterocycles. The van der Waals surface area contributed by atoms with Crippen LogP contribution in [-0.2, 0) is 28.9 Å².